The number of para-hydroxylation sites is 3. The minimum atomic E-state index is -3.16. The molecule has 4 aromatic rings. The third-order valence-corrected chi connectivity index (χ3v) is 15.0. The van der Waals surface area contributed by atoms with E-state index in [2.05, 4.69) is 196 Å². The second-order valence-electron chi connectivity index (χ2n) is 14.0. The van der Waals surface area contributed by atoms with Crippen LogP contribution >= 0.6 is 0 Å². The molecule has 0 heterocycles. The monoisotopic (exact) mass is 790 g/mol. The molecule has 0 aliphatic rings. The first-order chi connectivity index (χ1) is 21.5. The normalized spacial score (nSPS) is 10.6. The van der Waals surface area contributed by atoms with E-state index in [1.54, 1.807) is 0 Å². The summed E-state index contributed by atoms with van der Waals surface area (Å²) in [6.07, 6.45) is 0. The van der Waals surface area contributed by atoms with Crippen molar-refractivity contribution in [1.82, 2.24) is 0 Å². The van der Waals surface area contributed by atoms with Crippen molar-refractivity contribution in [2.45, 2.75) is 27.7 Å². The molecule has 0 unspecified atom stereocenters. The van der Waals surface area contributed by atoms with Crippen molar-refractivity contribution in [3.05, 3.63) is 76.9 Å². The SMILES string of the molecule is Cc1c(C)c(C)[c-]([Si](c2cccc(N(C)C)c2N(C)C)(c2cccc(N(C)C)c2N(C)C)c2cccc(N(C)C)c2N(C)C)c1C.[Cl-].[Cl-].[Cl-].[Ti+4]. The number of rotatable bonds is 10. The zero-order chi connectivity index (χ0) is 34.4. The Morgan fingerprint density at radius 1 is 0.400 bits per heavy atom. The molecule has 272 valence electrons. The molecule has 0 aliphatic carbocycles. The molecule has 0 saturated carbocycles. The summed E-state index contributed by atoms with van der Waals surface area (Å²) >= 11 is 0. The molecule has 0 aromatic heterocycles. The van der Waals surface area contributed by atoms with Crippen LogP contribution in [0.3, 0.4) is 0 Å². The fourth-order valence-electron chi connectivity index (χ4n) is 7.61. The van der Waals surface area contributed by atoms with Crippen LogP contribution in [-0.2, 0) is 21.7 Å². The van der Waals surface area contributed by atoms with Gasteiger partial charge in [-0.2, -0.15) is 22.3 Å². The quantitative estimate of drug-likeness (QED) is 0.0911. The molecule has 0 amide bonds. The molecule has 6 nitrogen and oxygen atoms in total. The van der Waals surface area contributed by atoms with Gasteiger partial charge in [-0.1, -0.05) is 64.1 Å². The van der Waals surface area contributed by atoms with E-state index in [4.69, 9.17) is 0 Å². The number of hydrogen-bond acceptors (Lipinski definition) is 6. The Kier molecular flexibility index (Phi) is 17.5. The van der Waals surface area contributed by atoms with Crippen LogP contribution in [0.4, 0.5) is 34.1 Å². The second-order valence-corrected chi connectivity index (χ2v) is 17.6. The summed E-state index contributed by atoms with van der Waals surface area (Å²) in [5, 5.41) is 5.70. The first-order valence-corrected chi connectivity index (χ1v) is 18.2. The third-order valence-electron chi connectivity index (χ3n) is 9.86. The molecule has 0 saturated heterocycles. The largest absolute Gasteiger partial charge is 4.00 e. The van der Waals surface area contributed by atoms with E-state index in [1.807, 2.05) is 0 Å². The number of hydrogen-bond donors (Lipinski definition) is 0. The van der Waals surface area contributed by atoms with Crippen LogP contribution in [0.5, 0.6) is 0 Å². The van der Waals surface area contributed by atoms with Crippen molar-refractivity contribution >= 4 is 62.9 Å². The van der Waals surface area contributed by atoms with Gasteiger partial charge in [0.25, 0.3) is 0 Å². The van der Waals surface area contributed by atoms with Gasteiger partial charge in [0, 0.05) is 84.6 Å². The van der Waals surface area contributed by atoms with Gasteiger partial charge in [0.15, 0.2) is 0 Å². The van der Waals surface area contributed by atoms with Gasteiger partial charge in [0.1, 0.15) is 8.07 Å². The molecule has 0 spiro atoms. The summed E-state index contributed by atoms with van der Waals surface area (Å²) in [6, 6.07) is 21.0. The maximum atomic E-state index is 2.44. The van der Waals surface area contributed by atoms with Crippen LogP contribution in [0.25, 0.3) is 0 Å². The van der Waals surface area contributed by atoms with E-state index in [1.165, 1.54) is 77.1 Å². The number of nitrogens with zero attached hydrogens (tertiary/aromatic N) is 6. The Morgan fingerprint density at radius 3 is 0.840 bits per heavy atom. The smallest absolute Gasteiger partial charge is 1.00 e. The Labute approximate surface area is 338 Å². The summed E-state index contributed by atoms with van der Waals surface area (Å²) in [5.41, 5.74) is 13.1. The summed E-state index contributed by atoms with van der Waals surface area (Å²) < 4.78 is 0. The van der Waals surface area contributed by atoms with Crippen LogP contribution in [0.15, 0.2) is 54.6 Å². The minimum Gasteiger partial charge on any atom is -1.00 e. The van der Waals surface area contributed by atoms with Gasteiger partial charge in [-0.3, -0.25) is 0 Å². The molecule has 0 aliphatic heterocycles. The third kappa shape index (κ3) is 7.84. The van der Waals surface area contributed by atoms with Gasteiger partial charge in [-0.25, -0.2) is 0 Å². The molecule has 4 rings (SSSR count). The predicted molar refractivity (Wildman–Crippen MR) is 211 cm³/mol. The average molecular weight is 792 g/mol. The molecule has 0 N–H and O–H groups in total. The summed E-state index contributed by atoms with van der Waals surface area (Å²) in [7, 11) is 23.1. The van der Waals surface area contributed by atoms with Crippen LogP contribution in [-0.4, -0.2) is 92.6 Å². The van der Waals surface area contributed by atoms with Gasteiger partial charge in [-0.15, -0.1) is 5.19 Å². The standard InChI is InChI=1S/C39H57N6Si.3ClH.Ti/c1-26-27(2)29(4)39(28(26)3)46(33-23-17-20-30(40(5)6)36(33)43(11)12,34-24-18-21-31(41(7)8)37(34)44(13)14)35-25-19-22-32(42(9)10)38(35)45(15)16;;;;/h17-25H,1-16H3;3*1H;/q-1;;;;+4/p-3. The molecular weight excluding hydrogens is 735 g/mol. The van der Waals surface area contributed by atoms with E-state index in [9.17, 15) is 0 Å². The van der Waals surface area contributed by atoms with Crippen LogP contribution in [0, 0.1) is 27.7 Å². The van der Waals surface area contributed by atoms with E-state index in [0.29, 0.717) is 0 Å². The maximum absolute atomic E-state index is 3.16. The maximum Gasteiger partial charge on any atom is 4.00 e. The first-order valence-electron chi connectivity index (χ1n) is 16.2. The summed E-state index contributed by atoms with van der Waals surface area (Å²) in [5.74, 6) is 0. The van der Waals surface area contributed by atoms with Crippen LogP contribution in [0.2, 0.25) is 0 Å². The first kappa shape index (κ1) is 47.6. The molecule has 0 bridgehead atoms. The van der Waals surface area contributed by atoms with Gasteiger partial charge >= 0.3 is 21.7 Å². The van der Waals surface area contributed by atoms with Gasteiger partial charge in [0.05, 0.1) is 34.1 Å². The number of halogens is 3. The van der Waals surface area contributed by atoms with E-state index in [0.717, 1.165) is 0 Å². The van der Waals surface area contributed by atoms with Crippen molar-refractivity contribution < 1.29 is 58.9 Å². The summed E-state index contributed by atoms with van der Waals surface area (Å²) in [6.45, 7) is 9.37. The zero-order valence-corrected chi connectivity index (χ0v) is 37.8. The zero-order valence-electron chi connectivity index (χ0n) is 33.0. The topological polar surface area (TPSA) is 19.4 Å². The molecule has 4 aromatic carbocycles. The van der Waals surface area contributed by atoms with Crippen molar-refractivity contribution in [2.75, 3.05) is 114 Å². The summed E-state index contributed by atoms with van der Waals surface area (Å²) in [4.78, 5) is 13.8. The van der Waals surface area contributed by atoms with Gasteiger partial charge in [0.2, 0.25) is 0 Å². The Morgan fingerprint density at radius 2 is 0.640 bits per heavy atom. The second kappa shape index (κ2) is 18.4. The Balaban J connectivity index is 0.00000600. The van der Waals surface area contributed by atoms with Crippen molar-refractivity contribution in [3.63, 3.8) is 0 Å². The molecule has 11 heteroatoms. The van der Waals surface area contributed by atoms with Crippen LogP contribution < -0.4 is 87.4 Å². The van der Waals surface area contributed by atoms with Crippen molar-refractivity contribution in [2.24, 2.45) is 0 Å². The predicted octanol–water partition coefficient (Wildman–Crippen LogP) is -4.58. The molecule has 50 heavy (non-hydrogen) atoms. The minimum absolute atomic E-state index is 0. The Bertz CT molecular complexity index is 1550. The van der Waals surface area contributed by atoms with Crippen molar-refractivity contribution in [1.29, 1.82) is 0 Å². The average Bonchev–Trinajstić information content (AvgIpc) is 3.19. The van der Waals surface area contributed by atoms with Gasteiger partial charge < -0.3 is 66.6 Å². The number of benzene rings is 3. The van der Waals surface area contributed by atoms with Crippen LogP contribution in [0.1, 0.15) is 22.3 Å². The fourth-order valence-corrected chi connectivity index (χ4v) is 14.0. The molecule has 0 fully saturated rings. The van der Waals surface area contributed by atoms with Crippen molar-refractivity contribution in [3.8, 4) is 0 Å². The Hall–Kier alpha value is -2.39. The molecule has 0 atom stereocenters. The van der Waals surface area contributed by atoms with Gasteiger partial charge in [-0.05, 0) is 33.8 Å². The van der Waals surface area contributed by atoms with E-state index < -0.39 is 8.07 Å². The van der Waals surface area contributed by atoms with E-state index in [-0.39, 0.29) is 58.9 Å². The fraction of sp³-hybridized carbons (Fsp3) is 0.410. The van der Waals surface area contributed by atoms with E-state index >= 15 is 0 Å². The number of anilines is 6. The molecular formula is C39H57Cl3N6SiTi. The molecule has 0 radical (unpaired) electrons.